The van der Waals surface area contributed by atoms with E-state index in [1.54, 1.807) is 0 Å². The molecule has 0 fully saturated rings. The normalized spacial score (nSPS) is 26.0. The molecule has 5 heteroatoms. The number of nitrogens with one attached hydrogen (secondary N) is 1. The van der Waals surface area contributed by atoms with Gasteiger partial charge < -0.3 is 5.11 Å². The molecule has 2 amide bonds. The number of aliphatic carboxylic acids is 1. The number of carboxylic acids is 1. The van der Waals surface area contributed by atoms with Crippen LogP contribution in [0.3, 0.4) is 0 Å². The number of carboxylic acid groups (broad SMARTS) is 1. The van der Waals surface area contributed by atoms with E-state index in [1.165, 1.54) is 0 Å². The summed E-state index contributed by atoms with van der Waals surface area (Å²) >= 11 is 0. The highest BCUT2D eigenvalue weighted by atomic mass is 16.4. The van der Waals surface area contributed by atoms with Crippen molar-refractivity contribution in [2.45, 2.75) is 25.7 Å². The van der Waals surface area contributed by atoms with Gasteiger partial charge in [0.05, 0.1) is 5.92 Å². The molecule has 0 aromatic rings. The Morgan fingerprint density at radius 3 is 2.80 bits per heavy atom. The van der Waals surface area contributed by atoms with Crippen molar-refractivity contribution in [3.8, 4) is 0 Å². The minimum absolute atomic E-state index is 0.243. The average Bonchev–Trinajstić information content (AvgIpc) is 2.16. The van der Waals surface area contributed by atoms with E-state index < -0.39 is 17.8 Å². The summed E-state index contributed by atoms with van der Waals surface area (Å²) in [6.07, 6.45) is 1.57. The van der Waals surface area contributed by atoms with Gasteiger partial charge >= 0.3 is 5.97 Å². The summed E-state index contributed by atoms with van der Waals surface area (Å²) in [5, 5.41) is 11.1. The van der Waals surface area contributed by atoms with E-state index in [9.17, 15) is 14.4 Å². The monoisotopic (exact) mass is 209 g/mol. The molecule has 0 saturated carbocycles. The van der Waals surface area contributed by atoms with Gasteiger partial charge in [-0.1, -0.05) is 5.57 Å². The van der Waals surface area contributed by atoms with E-state index in [1.807, 2.05) is 0 Å². The molecular weight excluding hydrogens is 198 g/mol. The smallest absolute Gasteiger partial charge is 0.306 e. The van der Waals surface area contributed by atoms with Crippen LogP contribution in [0.5, 0.6) is 0 Å². The lowest BCUT2D eigenvalue weighted by molar-refractivity contribution is -0.142. The number of amides is 2. The molecule has 0 aromatic carbocycles. The molecule has 2 N–H and O–H groups in total. The van der Waals surface area contributed by atoms with Gasteiger partial charge in [-0.05, 0) is 19.3 Å². The van der Waals surface area contributed by atoms with Crippen LogP contribution in [0, 0.1) is 5.92 Å². The molecule has 1 atom stereocenters. The molecule has 0 bridgehead atoms. The van der Waals surface area contributed by atoms with Crippen LogP contribution >= 0.6 is 0 Å². The number of carbonyl (C=O) groups excluding carboxylic acids is 2. The maximum absolute atomic E-state index is 11.4. The van der Waals surface area contributed by atoms with Crippen molar-refractivity contribution >= 4 is 17.8 Å². The molecule has 1 heterocycles. The first-order chi connectivity index (χ1) is 7.08. The minimum atomic E-state index is -0.869. The Balaban J connectivity index is 2.24. The first kappa shape index (κ1) is 9.89. The number of hydrogen-bond acceptors (Lipinski definition) is 3. The van der Waals surface area contributed by atoms with Crippen LogP contribution in [-0.2, 0) is 14.4 Å². The second-order valence-electron chi connectivity index (χ2n) is 3.91. The van der Waals surface area contributed by atoms with E-state index in [4.69, 9.17) is 5.11 Å². The van der Waals surface area contributed by atoms with Crippen LogP contribution in [0.25, 0.3) is 0 Å². The van der Waals surface area contributed by atoms with Crippen LogP contribution in [0.2, 0.25) is 0 Å². The molecule has 2 aliphatic rings. The summed E-state index contributed by atoms with van der Waals surface area (Å²) in [5.41, 5.74) is 1.33. The maximum atomic E-state index is 11.4. The van der Waals surface area contributed by atoms with Crippen LogP contribution in [0.15, 0.2) is 11.1 Å². The van der Waals surface area contributed by atoms with E-state index in [-0.39, 0.29) is 18.7 Å². The summed E-state index contributed by atoms with van der Waals surface area (Å²) in [6.45, 7) is 0. The van der Waals surface area contributed by atoms with Crippen molar-refractivity contribution in [1.29, 1.82) is 0 Å². The molecule has 1 aliphatic heterocycles. The zero-order valence-corrected chi connectivity index (χ0v) is 8.08. The molecule has 80 valence electrons. The van der Waals surface area contributed by atoms with Crippen LogP contribution in [-0.4, -0.2) is 22.9 Å². The first-order valence-corrected chi connectivity index (χ1v) is 4.86. The van der Waals surface area contributed by atoms with Gasteiger partial charge in [0.15, 0.2) is 0 Å². The standard InChI is InChI=1S/C10H11NO4/c12-8-4-5-1-2-6(10(14)15)3-7(5)9(13)11-8/h6H,1-4H2,(H,14,15)(H,11,12,13)/t6-/m0/s1. The zero-order valence-electron chi connectivity index (χ0n) is 8.08. The Labute approximate surface area is 86.2 Å². The first-order valence-electron chi connectivity index (χ1n) is 4.86. The fourth-order valence-corrected chi connectivity index (χ4v) is 2.09. The van der Waals surface area contributed by atoms with Gasteiger partial charge in [0.1, 0.15) is 0 Å². The molecule has 0 unspecified atom stereocenters. The van der Waals surface area contributed by atoms with Crippen molar-refractivity contribution in [2.75, 3.05) is 0 Å². The minimum Gasteiger partial charge on any atom is -0.481 e. The molecule has 0 saturated heterocycles. The van der Waals surface area contributed by atoms with Crippen LogP contribution in [0.1, 0.15) is 25.7 Å². The van der Waals surface area contributed by atoms with Gasteiger partial charge in [0.25, 0.3) is 5.91 Å². The van der Waals surface area contributed by atoms with Gasteiger partial charge in [0, 0.05) is 12.0 Å². The fourth-order valence-electron chi connectivity index (χ4n) is 2.09. The summed E-state index contributed by atoms with van der Waals surface area (Å²) < 4.78 is 0. The lowest BCUT2D eigenvalue weighted by atomic mass is 9.81. The molecule has 15 heavy (non-hydrogen) atoms. The largest absolute Gasteiger partial charge is 0.481 e. The SMILES string of the molecule is O=C1CC2=C(C[C@@H](C(=O)O)CC2)C(=O)N1. The lowest BCUT2D eigenvalue weighted by Gasteiger charge is -2.26. The molecule has 0 radical (unpaired) electrons. The summed E-state index contributed by atoms with van der Waals surface area (Å²) in [4.78, 5) is 33.3. The highest BCUT2D eigenvalue weighted by molar-refractivity contribution is 6.08. The van der Waals surface area contributed by atoms with E-state index >= 15 is 0 Å². The topological polar surface area (TPSA) is 83.5 Å². The van der Waals surface area contributed by atoms with Crippen molar-refractivity contribution < 1.29 is 19.5 Å². The number of imide groups is 1. The summed E-state index contributed by atoms with van der Waals surface area (Å²) in [7, 11) is 0. The van der Waals surface area contributed by atoms with Crippen molar-refractivity contribution in [1.82, 2.24) is 5.32 Å². The predicted molar refractivity (Wildman–Crippen MR) is 49.8 cm³/mol. The van der Waals surface area contributed by atoms with E-state index in [0.717, 1.165) is 5.57 Å². The Morgan fingerprint density at radius 1 is 1.40 bits per heavy atom. The maximum Gasteiger partial charge on any atom is 0.306 e. The molecule has 2 rings (SSSR count). The molecule has 5 nitrogen and oxygen atoms in total. The van der Waals surface area contributed by atoms with E-state index in [0.29, 0.717) is 18.4 Å². The average molecular weight is 209 g/mol. The van der Waals surface area contributed by atoms with E-state index in [2.05, 4.69) is 5.32 Å². The number of rotatable bonds is 1. The Kier molecular flexibility index (Phi) is 2.30. The molecule has 1 aliphatic carbocycles. The van der Waals surface area contributed by atoms with Gasteiger partial charge in [-0.2, -0.15) is 0 Å². The Morgan fingerprint density at radius 2 is 2.13 bits per heavy atom. The highest BCUT2D eigenvalue weighted by Gasteiger charge is 2.33. The molecule has 0 aromatic heterocycles. The molecular formula is C10H11NO4. The van der Waals surface area contributed by atoms with Gasteiger partial charge in [0.2, 0.25) is 5.91 Å². The zero-order chi connectivity index (χ0) is 11.0. The third-order valence-corrected chi connectivity index (χ3v) is 2.92. The van der Waals surface area contributed by atoms with Gasteiger partial charge in [-0.3, -0.25) is 19.7 Å². The molecule has 0 spiro atoms. The summed E-state index contributed by atoms with van der Waals surface area (Å²) in [5.74, 6) is -2.05. The fraction of sp³-hybridized carbons (Fsp3) is 0.500. The Hall–Kier alpha value is -1.65. The van der Waals surface area contributed by atoms with Crippen molar-refractivity contribution in [2.24, 2.45) is 5.92 Å². The van der Waals surface area contributed by atoms with Crippen molar-refractivity contribution in [3.05, 3.63) is 11.1 Å². The summed E-state index contributed by atoms with van der Waals surface area (Å²) in [6, 6.07) is 0. The predicted octanol–water partition coefficient (Wildman–Crippen LogP) is 0.214. The second-order valence-corrected chi connectivity index (χ2v) is 3.91. The number of hydrogen-bond donors (Lipinski definition) is 2. The van der Waals surface area contributed by atoms with Crippen LogP contribution < -0.4 is 5.32 Å². The highest BCUT2D eigenvalue weighted by Crippen LogP contribution is 2.33. The lowest BCUT2D eigenvalue weighted by Crippen LogP contribution is -2.39. The third-order valence-electron chi connectivity index (χ3n) is 2.92. The third kappa shape index (κ3) is 1.77. The quantitative estimate of drug-likeness (QED) is 0.605. The van der Waals surface area contributed by atoms with Crippen LogP contribution in [0.4, 0.5) is 0 Å². The Bertz CT molecular complexity index is 383. The second kappa shape index (κ2) is 3.49. The van der Waals surface area contributed by atoms with Gasteiger partial charge in [-0.25, -0.2) is 0 Å². The number of carbonyl (C=O) groups is 3. The van der Waals surface area contributed by atoms with Gasteiger partial charge in [-0.15, -0.1) is 0 Å². The van der Waals surface area contributed by atoms with Crippen molar-refractivity contribution in [3.63, 3.8) is 0 Å².